The summed E-state index contributed by atoms with van der Waals surface area (Å²) < 4.78 is 7.15. The normalized spacial score (nSPS) is 11.1. The van der Waals surface area contributed by atoms with Gasteiger partial charge in [0.2, 0.25) is 11.9 Å². The fourth-order valence-electron chi connectivity index (χ4n) is 3.42. The molecule has 4 rings (SSSR count). The number of hydrogen-bond acceptors (Lipinski definition) is 5. The van der Waals surface area contributed by atoms with E-state index in [1.165, 1.54) is 4.57 Å². The number of anilines is 1. The standard InChI is InChI=1S/C22H22N4O3/c1-4-26-21(28)17-7-5-6-8-18(17)23-22(26)25-24-19(27)11-15-12-29-20-14(3)13(2)9-10-16(15)20/h5-10,12H,4,11H2,1-3H3,(H,23,25)(H,24,27). The van der Waals surface area contributed by atoms with Crippen molar-refractivity contribution < 1.29 is 9.21 Å². The number of aromatic nitrogens is 2. The second kappa shape index (κ2) is 7.43. The highest BCUT2D eigenvalue weighted by atomic mass is 16.3. The summed E-state index contributed by atoms with van der Waals surface area (Å²) in [6.45, 7) is 6.31. The van der Waals surface area contributed by atoms with Gasteiger partial charge < -0.3 is 4.42 Å². The van der Waals surface area contributed by atoms with Gasteiger partial charge in [0.25, 0.3) is 5.56 Å². The molecule has 0 aliphatic heterocycles. The zero-order valence-corrected chi connectivity index (χ0v) is 16.6. The molecule has 2 heterocycles. The Hall–Kier alpha value is -3.61. The van der Waals surface area contributed by atoms with Crippen LogP contribution in [0.25, 0.3) is 21.9 Å². The van der Waals surface area contributed by atoms with Crippen molar-refractivity contribution in [1.29, 1.82) is 0 Å². The van der Waals surface area contributed by atoms with Crippen LogP contribution in [0, 0.1) is 13.8 Å². The van der Waals surface area contributed by atoms with Gasteiger partial charge in [-0.05, 0) is 44.0 Å². The minimum absolute atomic E-state index is 0.145. The Balaban J connectivity index is 1.55. The zero-order chi connectivity index (χ0) is 20.5. The fraction of sp³-hybridized carbons (Fsp3) is 0.227. The molecule has 2 aromatic heterocycles. The molecule has 2 N–H and O–H groups in total. The van der Waals surface area contributed by atoms with E-state index in [4.69, 9.17) is 4.42 Å². The maximum Gasteiger partial charge on any atom is 0.262 e. The van der Waals surface area contributed by atoms with E-state index in [-0.39, 0.29) is 17.9 Å². The quantitative estimate of drug-likeness (QED) is 0.510. The monoisotopic (exact) mass is 390 g/mol. The van der Waals surface area contributed by atoms with Gasteiger partial charge >= 0.3 is 0 Å². The molecule has 0 fully saturated rings. The predicted octanol–water partition coefficient (Wildman–Crippen LogP) is 3.47. The summed E-state index contributed by atoms with van der Waals surface area (Å²) in [5, 5.41) is 1.47. The first-order valence-corrected chi connectivity index (χ1v) is 9.50. The number of hydrazine groups is 1. The molecule has 0 aliphatic rings. The lowest BCUT2D eigenvalue weighted by atomic mass is 10.0. The van der Waals surface area contributed by atoms with Crippen molar-refractivity contribution in [3.63, 3.8) is 0 Å². The van der Waals surface area contributed by atoms with E-state index in [2.05, 4.69) is 15.8 Å². The molecule has 0 bridgehead atoms. The van der Waals surface area contributed by atoms with Gasteiger partial charge in [-0.2, -0.15) is 0 Å². The predicted molar refractivity (Wildman–Crippen MR) is 113 cm³/mol. The molecule has 0 aliphatic carbocycles. The SMILES string of the molecule is CCn1c(NNC(=O)Cc2coc3c(C)c(C)ccc23)nc2ccccc2c1=O. The van der Waals surface area contributed by atoms with Crippen LogP contribution in [0.5, 0.6) is 0 Å². The number of hydrogen-bond donors (Lipinski definition) is 2. The van der Waals surface area contributed by atoms with Gasteiger partial charge in [0, 0.05) is 17.5 Å². The van der Waals surface area contributed by atoms with Crippen LogP contribution in [0.3, 0.4) is 0 Å². The first-order valence-electron chi connectivity index (χ1n) is 9.50. The number of amides is 1. The van der Waals surface area contributed by atoms with Crippen molar-refractivity contribution in [2.24, 2.45) is 0 Å². The molecule has 0 atom stereocenters. The number of benzene rings is 2. The van der Waals surface area contributed by atoms with Gasteiger partial charge in [-0.1, -0.05) is 24.3 Å². The van der Waals surface area contributed by atoms with Crippen molar-refractivity contribution in [3.05, 3.63) is 69.7 Å². The Morgan fingerprint density at radius 3 is 2.72 bits per heavy atom. The maximum atomic E-state index is 12.6. The van der Waals surface area contributed by atoms with Crippen LogP contribution in [0.15, 0.2) is 51.9 Å². The smallest absolute Gasteiger partial charge is 0.262 e. The van der Waals surface area contributed by atoms with E-state index in [0.29, 0.717) is 23.4 Å². The molecular formula is C22H22N4O3. The Kier molecular flexibility index (Phi) is 4.80. The number of nitrogens with one attached hydrogen (secondary N) is 2. The summed E-state index contributed by atoms with van der Waals surface area (Å²) in [5.74, 6) is 0.0454. The van der Waals surface area contributed by atoms with E-state index in [9.17, 15) is 9.59 Å². The highest BCUT2D eigenvalue weighted by Gasteiger charge is 2.14. The molecule has 2 aromatic carbocycles. The van der Waals surface area contributed by atoms with Crippen LogP contribution in [-0.4, -0.2) is 15.5 Å². The summed E-state index contributed by atoms with van der Waals surface area (Å²) in [7, 11) is 0. The molecule has 7 nitrogen and oxygen atoms in total. The third kappa shape index (κ3) is 3.35. The average molecular weight is 390 g/mol. The zero-order valence-electron chi connectivity index (χ0n) is 16.6. The van der Waals surface area contributed by atoms with Crippen LogP contribution in [-0.2, 0) is 17.8 Å². The number of carbonyl (C=O) groups is 1. The number of furan rings is 1. The summed E-state index contributed by atoms with van der Waals surface area (Å²) in [5.41, 5.74) is 9.69. The van der Waals surface area contributed by atoms with E-state index >= 15 is 0 Å². The molecule has 0 unspecified atom stereocenters. The largest absolute Gasteiger partial charge is 0.464 e. The van der Waals surface area contributed by atoms with Crippen molar-refractivity contribution >= 4 is 33.7 Å². The van der Waals surface area contributed by atoms with Gasteiger partial charge in [0.05, 0.1) is 23.6 Å². The van der Waals surface area contributed by atoms with Gasteiger partial charge in [-0.15, -0.1) is 0 Å². The van der Waals surface area contributed by atoms with Gasteiger partial charge in [0.15, 0.2) is 0 Å². The average Bonchev–Trinajstić information content (AvgIpc) is 3.12. The highest BCUT2D eigenvalue weighted by molar-refractivity contribution is 5.90. The maximum absolute atomic E-state index is 12.6. The topological polar surface area (TPSA) is 89.2 Å². The molecule has 4 aromatic rings. The molecule has 148 valence electrons. The first-order chi connectivity index (χ1) is 14.0. The van der Waals surface area contributed by atoms with Crippen LogP contribution >= 0.6 is 0 Å². The second-order valence-corrected chi connectivity index (χ2v) is 7.00. The number of rotatable bonds is 5. The summed E-state index contributed by atoms with van der Waals surface area (Å²) in [6, 6.07) is 11.1. The van der Waals surface area contributed by atoms with Gasteiger partial charge in [-0.3, -0.25) is 25.0 Å². The Labute approximate surface area is 167 Å². The van der Waals surface area contributed by atoms with Crippen molar-refractivity contribution in [2.45, 2.75) is 33.7 Å². The first kappa shape index (κ1) is 18.7. The third-order valence-electron chi connectivity index (χ3n) is 5.18. The molecule has 29 heavy (non-hydrogen) atoms. The summed E-state index contributed by atoms with van der Waals surface area (Å²) >= 11 is 0. The van der Waals surface area contributed by atoms with Crippen LogP contribution in [0.1, 0.15) is 23.6 Å². The van der Waals surface area contributed by atoms with Gasteiger partial charge in [-0.25, -0.2) is 4.98 Å². The molecule has 0 spiro atoms. The minimum Gasteiger partial charge on any atom is -0.464 e. The lowest BCUT2D eigenvalue weighted by Crippen LogP contribution is -2.35. The van der Waals surface area contributed by atoms with Crippen LogP contribution in [0.4, 0.5) is 5.95 Å². The number of carbonyl (C=O) groups excluding carboxylic acids is 1. The molecule has 0 saturated carbocycles. The number of para-hydroxylation sites is 1. The van der Waals surface area contributed by atoms with E-state index in [1.807, 2.05) is 39.0 Å². The summed E-state index contributed by atoms with van der Waals surface area (Å²) in [6.07, 6.45) is 1.76. The number of fused-ring (bicyclic) bond motifs is 2. The number of aryl methyl sites for hydroxylation is 2. The van der Waals surface area contributed by atoms with Crippen LogP contribution in [0.2, 0.25) is 0 Å². The van der Waals surface area contributed by atoms with E-state index < -0.39 is 0 Å². The minimum atomic E-state index is -0.254. The lowest BCUT2D eigenvalue weighted by Gasteiger charge is -2.13. The van der Waals surface area contributed by atoms with Crippen molar-refractivity contribution in [2.75, 3.05) is 5.43 Å². The van der Waals surface area contributed by atoms with Crippen molar-refractivity contribution in [1.82, 2.24) is 15.0 Å². The second-order valence-electron chi connectivity index (χ2n) is 7.00. The number of nitrogens with zero attached hydrogens (tertiary/aromatic N) is 2. The van der Waals surface area contributed by atoms with Crippen LogP contribution < -0.4 is 16.4 Å². The Morgan fingerprint density at radius 2 is 1.93 bits per heavy atom. The molecule has 0 radical (unpaired) electrons. The van der Waals surface area contributed by atoms with E-state index in [1.54, 1.807) is 24.5 Å². The highest BCUT2D eigenvalue weighted by Crippen LogP contribution is 2.26. The third-order valence-corrected chi connectivity index (χ3v) is 5.18. The fourth-order valence-corrected chi connectivity index (χ4v) is 3.42. The van der Waals surface area contributed by atoms with Gasteiger partial charge in [0.1, 0.15) is 5.58 Å². The van der Waals surface area contributed by atoms with E-state index in [0.717, 1.165) is 27.7 Å². The molecule has 0 saturated heterocycles. The summed E-state index contributed by atoms with van der Waals surface area (Å²) in [4.78, 5) is 29.6. The Morgan fingerprint density at radius 1 is 1.14 bits per heavy atom. The molecular weight excluding hydrogens is 368 g/mol. The molecule has 1 amide bonds. The lowest BCUT2D eigenvalue weighted by molar-refractivity contribution is -0.119. The van der Waals surface area contributed by atoms with Crippen molar-refractivity contribution in [3.8, 4) is 0 Å². The Bertz CT molecular complexity index is 1290. The molecule has 7 heteroatoms.